The number of halogens is 1. The number of amides is 2. The Kier molecular flexibility index (Phi) is 6.43. The molecule has 2 aromatic rings. The molecule has 0 spiro atoms. The van der Waals surface area contributed by atoms with Gasteiger partial charge in [0.1, 0.15) is 12.4 Å². The van der Waals surface area contributed by atoms with Crippen molar-refractivity contribution >= 4 is 23.5 Å². The number of hydrogen-bond donors (Lipinski definition) is 2. The van der Waals surface area contributed by atoms with Crippen LogP contribution in [0, 0.1) is 19.7 Å². The van der Waals surface area contributed by atoms with Crippen molar-refractivity contribution in [1.29, 1.82) is 0 Å². The molecule has 2 amide bonds. The standard InChI is InChI=1S/C19H19FN2O4/c1-12-3-8-16(13(2)9-12)22-17(23)11-26-18(24)10-21-19(25)14-4-6-15(20)7-5-14/h3-9H,10-11H2,1-2H3,(H,21,25)(H,22,23). The zero-order valence-electron chi connectivity index (χ0n) is 14.5. The monoisotopic (exact) mass is 358 g/mol. The van der Waals surface area contributed by atoms with Gasteiger partial charge in [-0.15, -0.1) is 0 Å². The number of rotatable bonds is 6. The smallest absolute Gasteiger partial charge is 0.325 e. The van der Waals surface area contributed by atoms with E-state index >= 15 is 0 Å². The second-order valence-electron chi connectivity index (χ2n) is 5.72. The number of carbonyl (C=O) groups is 3. The van der Waals surface area contributed by atoms with E-state index in [-0.39, 0.29) is 5.56 Å². The fraction of sp³-hybridized carbons (Fsp3) is 0.211. The van der Waals surface area contributed by atoms with Crippen molar-refractivity contribution < 1.29 is 23.5 Å². The highest BCUT2D eigenvalue weighted by Crippen LogP contribution is 2.15. The van der Waals surface area contributed by atoms with Gasteiger partial charge in [-0.1, -0.05) is 17.7 Å². The van der Waals surface area contributed by atoms with Gasteiger partial charge in [-0.05, 0) is 49.7 Å². The van der Waals surface area contributed by atoms with Crippen LogP contribution in [0.15, 0.2) is 42.5 Å². The lowest BCUT2D eigenvalue weighted by Gasteiger charge is -2.10. The molecule has 2 aromatic carbocycles. The summed E-state index contributed by atoms with van der Waals surface area (Å²) in [6.07, 6.45) is 0. The summed E-state index contributed by atoms with van der Waals surface area (Å²) in [6, 6.07) is 10.4. The minimum Gasteiger partial charge on any atom is -0.454 e. The van der Waals surface area contributed by atoms with Crippen LogP contribution in [0.5, 0.6) is 0 Å². The first-order valence-corrected chi connectivity index (χ1v) is 7.91. The number of carbonyl (C=O) groups excluding carboxylic acids is 3. The first-order valence-electron chi connectivity index (χ1n) is 7.91. The third-order valence-corrected chi connectivity index (χ3v) is 3.52. The lowest BCUT2D eigenvalue weighted by Crippen LogP contribution is -2.32. The summed E-state index contributed by atoms with van der Waals surface area (Å²) in [4.78, 5) is 35.2. The van der Waals surface area contributed by atoms with Crippen molar-refractivity contribution in [2.24, 2.45) is 0 Å². The van der Waals surface area contributed by atoms with Crippen molar-refractivity contribution in [1.82, 2.24) is 5.32 Å². The molecular formula is C19H19FN2O4. The number of hydrogen-bond acceptors (Lipinski definition) is 4. The maximum absolute atomic E-state index is 12.8. The van der Waals surface area contributed by atoms with E-state index < -0.39 is 36.8 Å². The highest BCUT2D eigenvalue weighted by Gasteiger charge is 2.11. The summed E-state index contributed by atoms with van der Waals surface area (Å²) < 4.78 is 17.6. The summed E-state index contributed by atoms with van der Waals surface area (Å²) in [7, 11) is 0. The predicted molar refractivity (Wildman–Crippen MR) is 94.2 cm³/mol. The van der Waals surface area contributed by atoms with Crippen LogP contribution in [0.2, 0.25) is 0 Å². The number of nitrogens with one attached hydrogen (secondary N) is 2. The Hall–Kier alpha value is -3.22. The molecule has 0 aliphatic heterocycles. The van der Waals surface area contributed by atoms with Crippen LogP contribution in [-0.4, -0.2) is 30.9 Å². The summed E-state index contributed by atoms with van der Waals surface area (Å²) >= 11 is 0. The van der Waals surface area contributed by atoms with E-state index in [2.05, 4.69) is 10.6 Å². The SMILES string of the molecule is Cc1ccc(NC(=O)COC(=O)CNC(=O)c2ccc(F)cc2)c(C)c1. The van der Waals surface area contributed by atoms with Gasteiger partial charge in [0.2, 0.25) is 0 Å². The molecule has 0 atom stereocenters. The Morgan fingerprint density at radius 1 is 1.04 bits per heavy atom. The van der Waals surface area contributed by atoms with Crippen LogP contribution >= 0.6 is 0 Å². The molecule has 6 nitrogen and oxygen atoms in total. The molecule has 2 rings (SSSR count). The Labute approximate surface area is 150 Å². The van der Waals surface area contributed by atoms with Gasteiger partial charge in [0, 0.05) is 11.3 Å². The topological polar surface area (TPSA) is 84.5 Å². The second-order valence-corrected chi connectivity index (χ2v) is 5.72. The van der Waals surface area contributed by atoms with Crippen LogP contribution in [0.3, 0.4) is 0 Å². The molecule has 0 fully saturated rings. The van der Waals surface area contributed by atoms with Gasteiger partial charge in [0.25, 0.3) is 11.8 Å². The zero-order chi connectivity index (χ0) is 19.1. The average molecular weight is 358 g/mol. The van der Waals surface area contributed by atoms with E-state index in [0.717, 1.165) is 23.3 Å². The van der Waals surface area contributed by atoms with Gasteiger partial charge in [-0.25, -0.2) is 4.39 Å². The normalized spacial score (nSPS) is 10.1. The highest BCUT2D eigenvalue weighted by molar-refractivity contribution is 5.96. The van der Waals surface area contributed by atoms with Crippen molar-refractivity contribution in [2.75, 3.05) is 18.5 Å². The number of esters is 1. The molecular weight excluding hydrogens is 339 g/mol. The van der Waals surface area contributed by atoms with Crippen molar-refractivity contribution in [2.45, 2.75) is 13.8 Å². The van der Waals surface area contributed by atoms with Crippen LogP contribution in [0.25, 0.3) is 0 Å². The van der Waals surface area contributed by atoms with E-state index in [1.807, 2.05) is 26.0 Å². The Balaban J connectivity index is 1.74. The summed E-state index contributed by atoms with van der Waals surface area (Å²) in [6.45, 7) is 2.95. The molecule has 0 unspecified atom stereocenters. The van der Waals surface area contributed by atoms with Crippen LogP contribution in [0.1, 0.15) is 21.5 Å². The van der Waals surface area contributed by atoms with E-state index in [0.29, 0.717) is 5.69 Å². The third-order valence-electron chi connectivity index (χ3n) is 3.52. The summed E-state index contributed by atoms with van der Waals surface area (Å²) in [5.41, 5.74) is 2.83. The van der Waals surface area contributed by atoms with E-state index in [4.69, 9.17) is 4.74 Å². The molecule has 0 bridgehead atoms. The number of anilines is 1. The van der Waals surface area contributed by atoms with Gasteiger partial charge in [0.15, 0.2) is 6.61 Å². The van der Waals surface area contributed by atoms with Crippen LogP contribution < -0.4 is 10.6 Å². The van der Waals surface area contributed by atoms with E-state index in [1.54, 1.807) is 6.07 Å². The molecule has 2 N–H and O–H groups in total. The molecule has 0 aliphatic rings. The number of aryl methyl sites for hydroxylation is 2. The average Bonchev–Trinajstić information content (AvgIpc) is 2.61. The Bertz CT molecular complexity index is 819. The van der Waals surface area contributed by atoms with Crippen LogP contribution in [-0.2, 0) is 14.3 Å². The van der Waals surface area contributed by atoms with Gasteiger partial charge in [-0.3, -0.25) is 14.4 Å². The fourth-order valence-electron chi connectivity index (χ4n) is 2.19. The maximum atomic E-state index is 12.8. The maximum Gasteiger partial charge on any atom is 0.325 e. The molecule has 0 aromatic heterocycles. The minimum absolute atomic E-state index is 0.215. The van der Waals surface area contributed by atoms with Gasteiger partial charge in [-0.2, -0.15) is 0 Å². The summed E-state index contributed by atoms with van der Waals surface area (Å²) in [5, 5.41) is 4.99. The molecule has 0 saturated carbocycles. The van der Waals surface area contributed by atoms with Gasteiger partial charge in [0.05, 0.1) is 0 Å². The first-order chi connectivity index (χ1) is 12.3. The Morgan fingerprint density at radius 3 is 2.38 bits per heavy atom. The number of benzene rings is 2. The molecule has 0 saturated heterocycles. The minimum atomic E-state index is -0.753. The Morgan fingerprint density at radius 2 is 1.73 bits per heavy atom. The van der Waals surface area contributed by atoms with Gasteiger partial charge >= 0.3 is 5.97 Å². The zero-order valence-corrected chi connectivity index (χ0v) is 14.5. The quantitative estimate of drug-likeness (QED) is 0.777. The molecule has 7 heteroatoms. The highest BCUT2D eigenvalue weighted by atomic mass is 19.1. The molecule has 136 valence electrons. The van der Waals surface area contributed by atoms with E-state index in [9.17, 15) is 18.8 Å². The van der Waals surface area contributed by atoms with Crippen LogP contribution in [0.4, 0.5) is 10.1 Å². The number of ether oxygens (including phenoxy) is 1. The first kappa shape index (κ1) is 19.1. The molecule has 0 heterocycles. The lowest BCUT2D eigenvalue weighted by atomic mass is 10.1. The largest absolute Gasteiger partial charge is 0.454 e. The van der Waals surface area contributed by atoms with Crippen molar-refractivity contribution in [3.05, 3.63) is 65.0 Å². The predicted octanol–water partition coefficient (Wildman–Crippen LogP) is 2.35. The molecule has 0 radical (unpaired) electrons. The fourth-order valence-corrected chi connectivity index (χ4v) is 2.19. The summed E-state index contributed by atoms with van der Waals surface area (Å²) in [5.74, 6) is -2.23. The molecule has 26 heavy (non-hydrogen) atoms. The van der Waals surface area contributed by atoms with Gasteiger partial charge < -0.3 is 15.4 Å². The second kappa shape index (κ2) is 8.75. The molecule has 0 aliphatic carbocycles. The van der Waals surface area contributed by atoms with Crippen molar-refractivity contribution in [3.8, 4) is 0 Å². The lowest BCUT2D eigenvalue weighted by molar-refractivity contribution is -0.146. The van der Waals surface area contributed by atoms with Crippen molar-refractivity contribution in [3.63, 3.8) is 0 Å². The third kappa shape index (κ3) is 5.70. The van der Waals surface area contributed by atoms with E-state index in [1.165, 1.54) is 12.1 Å².